The van der Waals surface area contributed by atoms with Crippen LogP contribution in [-0.4, -0.2) is 17.8 Å². The van der Waals surface area contributed by atoms with Gasteiger partial charge in [-0.2, -0.15) is 0 Å². The zero-order chi connectivity index (χ0) is 23.0. The number of amides is 2. The summed E-state index contributed by atoms with van der Waals surface area (Å²) >= 11 is 0. The van der Waals surface area contributed by atoms with Crippen LogP contribution < -0.4 is 9.64 Å². The van der Waals surface area contributed by atoms with Crippen molar-refractivity contribution in [3.05, 3.63) is 71.3 Å². The monoisotopic (exact) mass is 441 g/mol. The first-order valence-electron chi connectivity index (χ1n) is 11.8. The second-order valence-electron chi connectivity index (χ2n) is 10.3. The van der Waals surface area contributed by atoms with Gasteiger partial charge in [-0.15, -0.1) is 0 Å². The zero-order valence-corrected chi connectivity index (χ0v) is 19.0. The highest BCUT2D eigenvalue weighted by molar-refractivity contribution is 6.22. The minimum Gasteiger partial charge on any atom is -0.423 e. The number of esters is 1. The molecule has 0 unspecified atom stereocenters. The summed E-state index contributed by atoms with van der Waals surface area (Å²) in [7, 11) is 0. The molecule has 3 fully saturated rings. The van der Waals surface area contributed by atoms with Crippen molar-refractivity contribution in [1.29, 1.82) is 0 Å². The van der Waals surface area contributed by atoms with E-state index in [-0.39, 0.29) is 41.4 Å². The molecular weight excluding hydrogens is 414 g/mol. The molecule has 5 heteroatoms. The molecule has 6 atom stereocenters. The van der Waals surface area contributed by atoms with Crippen LogP contribution in [0.25, 0.3) is 0 Å². The molecule has 33 heavy (non-hydrogen) atoms. The van der Waals surface area contributed by atoms with E-state index in [2.05, 4.69) is 26.0 Å². The Hall–Kier alpha value is -3.21. The fraction of sp³-hybridized carbons (Fsp3) is 0.393. The van der Waals surface area contributed by atoms with Crippen LogP contribution in [-0.2, 0) is 9.59 Å². The molecule has 2 saturated carbocycles. The van der Waals surface area contributed by atoms with Gasteiger partial charge < -0.3 is 4.74 Å². The smallest absolute Gasteiger partial charge is 0.343 e. The molecule has 5 aliphatic rings. The van der Waals surface area contributed by atoms with Crippen molar-refractivity contribution >= 4 is 23.5 Å². The molecule has 1 aliphatic heterocycles. The summed E-state index contributed by atoms with van der Waals surface area (Å²) in [6, 6.07) is 12.5. The second-order valence-corrected chi connectivity index (χ2v) is 10.3. The molecule has 1 saturated heterocycles. The van der Waals surface area contributed by atoms with Gasteiger partial charge in [-0.05, 0) is 84.4 Å². The second kappa shape index (κ2) is 7.14. The van der Waals surface area contributed by atoms with Crippen molar-refractivity contribution in [3.8, 4) is 5.75 Å². The number of carbonyl (C=O) groups is 3. The van der Waals surface area contributed by atoms with Gasteiger partial charge in [-0.25, -0.2) is 4.79 Å². The third-order valence-electron chi connectivity index (χ3n) is 8.02. The Balaban J connectivity index is 1.23. The van der Waals surface area contributed by atoms with Crippen LogP contribution in [0.5, 0.6) is 5.75 Å². The number of carbonyl (C=O) groups excluding carboxylic acids is 3. The average molecular weight is 442 g/mol. The van der Waals surface area contributed by atoms with Crippen molar-refractivity contribution in [1.82, 2.24) is 0 Å². The predicted octanol–water partition coefficient (Wildman–Crippen LogP) is 4.90. The van der Waals surface area contributed by atoms with E-state index in [4.69, 9.17) is 4.74 Å². The number of allylic oxidation sites excluding steroid dienone is 2. The van der Waals surface area contributed by atoms with Gasteiger partial charge in [-0.3, -0.25) is 14.5 Å². The Kier molecular flexibility index (Phi) is 4.42. The Morgan fingerprint density at radius 3 is 2.12 bits per heavy atom. The maximum absolute atomic E-state index is 13.3. The summed E-state index contributed by atoms with van der Waals surface area (Å²) in [6.45, 7) is 6.08. The number of hydrogen-bond acceptors (Lipinski definition) is 4. The van der Waals surface area contributed by atoms with E-state index in [1.807, 2.05) is 25.1 Å². The number of rotatable bonds is 4. The summed E-state index contributed by atoms with van der Waals surface area (Å²) < 4.78 is 5.72. The first kappa shape index (κ1) is 20.4. The van der Waals surface area contributed by atoms with Gasteiger partial charge in [0.05, 0.1) is 23.1 Å². The number of imide groups is 1. The lowest BCUT2D eigenvalue weighted by atomic mass is 9.63. The van der Waals surface area contributed by atoms with E-state index in [1.165, 1.54) is 4.90 Å². The van der Waals surface area contributed by atoms with Gasteiger partial charge in [-0.1, -0.05) is 38.1 Å². The van der Waals surface area contributed by atoms with Gasteiger partial charge in [0.2, 0.25) is 11.8 Å². The summed E-state index contributed by atoms with van der Waals surface area (Å²) in [4.78, 5) is 40.7. The molecule has 4 aliphatic carbocycles. The number of anilines is 1. The van der Waals surface area contributed by atoms with Crippen LogP contribution in [0.4, 0.5) is 5.69 Å². The molecule has 5 nitrogen and oxygen atoms in total. The maximum Gasteiger partial charge on any atom is 0.343 e. The third kappa shape index (κ3) is 3.01. The SMILES string of the molecule is Cc1ccc(C(C)C)c(OC(=O)c2ccc(N3C(=O)[C@H]4[C@@H]5C=C[C@@H]([C@H]6C[C@H]56)[C@@H]4C3=O)cc2)c1. The van der Waals surface area contributed by atoms with E-state index >= 15 is 0 Å². The number of aryl methyl sites for hydroxylation is 1. The van der Waals surface area contributed by atoms with Crippen LogP contribution >= 0.6 is 0 Å². The molecule has 1 heterocycles. The van der Waals surface area contributed by atoms with Crippen molar-refractivity contribution < 1.29 is 19.1 Å². The minimum absolute atomic E-state index is 0.0913. The Morgan fingerprint density at radius 1 is 0.939 bits per heavy atom. The molecule has 0 N–H and O–H groups in total. The topological polar surface area (TPSA) is 63.7 Å². The molecular formula is C28H27NO4. The summed E-state index contributed by atoms with van der Waals surface area (Å²) in [5.41, 5.74) is 2.91. The molecule has 7 rings (SSSR count). The Morgan fingerprint density at radius 2 is 1.55 bits per heavy atom. The maximum atomic E-state index is 13.3. The van der Waals surface area contributed by atoms with E-state index in [1.54, 1.807) is 24.3 Å². The quantitative estimate of drug-likeness (QED) is 0.293. The van der Waals surface area contributed by atoms with Crippen LogP contribution in [0, 0.1) is 42.4 Å². The Labute approximate surface area is 193 Å². The van der Waals surface area contributed by atoms with Crippen molar-refractivity contribution in [2.75, 3.05) is 4.90 Å². The lowest BCUT2D eigenvalue weighted by molar-refractivity contribution is -0.124. The molecule has 0 radical (unpaired) electrons. The third-order valence-corrected chi connectivity index (χ3v) is 8.02. The fourth-order valence-corrected chi connectivity index (χ4v) is 6.32. The lowest BCUT2D eigenvalue weighted by Gasteiger charge is -2.37. The first-order chi connectivity index (χ1) is 15.8. The lowest BCUT2D eigenvalue weighted by Crippen LogP contribution is -2.40. The van der Waals surface area contributed by atoms with Gasteiger partial charge >= 0.3 is 5.97 Å². The fourth-order valence-electron chi connectivity index (χ4n) is 6.32. The van der Waals surface area contributed by atoms with Crippen LogP contribution in [0.2, 0.25) is 0 Å². The molecule has 0 aromatic heterocycles. The number of benzene rings is 2. The molecule has 0 spiro atoms. The summed E-state index contributed by atoms with van der Waals surface area (Å²) in [6.07, 6.45) is 5.49. The van der Waals surface area contributed by atoms with Gasteiger partial charge in [0, 0.05) is 0 Å². The Bertz CT molecular complexity index is 1170. The summed E-state index contributed by atoms with van der Waals surface area (Å²) in [5.74, 6) is 1.25. The van der Waals surface area contributed by atoms with Gasteiger partial charge in [0.15, 0.2) is 0 Å². The van der Waals surface area contributed by atoms with Gasteiger partial charge in [0.1, 0.15) is 5.75 Å². The zero-order valence-electron chi connectivity index (χ0n) is 19.0. The van der Waals surface area contributed by atoms with E-state index in [0.29, 0.717) is 28.8 Å². The average Bonchev–Trinajstić information content (AvgIpc) is 3.57. The van der Waals surface area contributed by atoms with Gasteiger partial charge in [0.25, 0.3) is 0 Å². The van der Waals surface area contributed by atoms with Crippen molar-refractivity contribution in [3.63, 3.8) is 0 Å². The van der Waals surface area contributed by atoms with E-state index in [9.17, 15) is 14.4 Å². The molecule has 2 amide bonds. The van der Waals surface area contributed by atoms with Crippen LogP contribution in [0.3, 0.4) is 0 Å². The molecule has 2 aromatic rings. The normalized spacial score (nSPS) is 31.1. The highest BCUT2D eigenvalue weighted by Gasteiger charge is 2.67. The van der Waals surface area contributed by atoms with E-state index < -0.39 is 5.97 Å². The van der Waals surface area contributed by atoms with Crippen molar-refractivity contribution in [2.24, 2.45) is 35.5 Å². The summed E-state index contributed by atoms with van der Waals surface area (Å²) in [5, 5.41) is 0. The van der Waals surface area contributed by atoms with Crippen LogP contribution in [0.15, 0.2) is 54.6 Å². The number of ether oxygens (including phenoxy) is 1. The highest BCUT2D eigenvalue weighted by Crippen LogP contribution is 2.65. The largest absolute Gasteiger partial charge is 0.423 e. The number of hydrogen-bond donors (Lipinski definition) is 0. The standard InChI is InChI=1S/C28H27NO4/c1-14(2)18-9-4-15(3)12-23(18)33-28(32)16-5-7-17(8-6-16)29-26(30)24-19-10-11-20(22-13-21(19)22)25(24)27(29)31/h4-12,14,19-22,24-25H,13H2,1-3H3/t19-,20+,21-,22-,24+,25+/m1/s1. The number of nitrogens with zero attached hydrogens (tertiary/aromatic N) is 1. The van der Waals surface area contributed by atoms with Crippen LogP contribution in [0.1, 0.15) is 47.7 Å². The minimum atomic E-state index is -0.455. The highest BCUT2D eigenvalue weighted by atomic mass is 16.5. The molecule has 2 bridgehead atoms. The first-order valence-corrected chi connectivity index (χ1v) is 11.8. The van der Waals surface area contributed by atoms with E-state index in [0.717, 1.165) is 17.5 Å². The molecule has 2 aromatic carbocycles. The predicted molar refractivity (Wildman–Crippen MR) is 124 cm³/mol. The van der Waals surface area contributed by atoms with Crippen molar-refractivity contribution in [2.45, 2.75) is 33.1 Å². The molecule has 168 valence electrons.